The predicted molar refractivity (Wildman–Crippen MR) is 116 cm³/mol. The lowest BCUT2D eigenvalue weighted by molar-refractivity contribution is -0.117. The summed E-state index contributed by atoms with van der Waals surface area (Å²) in [6, 6.07) is 11.8. The van der Waals surface area contributed by atoms with Crippen molar-refractivity contribution >= 4 is 28.1 Å². The largest absolute Gasteiger partial charge is 0.344 e. The Hall–Kier alpha value is -2.84. The molecule has 0 bridgehead atoms. The van der Waals surface area contributed by atoms with Crippen LogP contribution in [0.1, 0.15) is 11.1 Å². The number of hydrogen-bond acceptors (Lipinski definition) is 7. The first kappa shape index (κ1) is 19.5. The highest BCUT2D eigenvalue weighted by Crippen LogP contribution is 2.27. The van der Waals surface area contributed by atoms with Crippen LogP contribution in [-0.4, -0.2) is 58.7 Å². The monoisotopic (exact) mass is 408 g/mol. The van der Waals surface area contributed by atoms with Crippen LogP contribution in [0.3, 0.4) is 0 Å². The number of nitrogens with one attached hydrogen (secondary N) is 1. The number of aryl methyl sites for hydroxylation is 1. The average Bonchev–Trinajstić information content (AvgIpc) is 3.23. The Bertz CT molecular complexity index is 982. The molecular formula is C21H24N6OS. The Labute approximate surface area is 174 Å². The number of anilines is 2. The smallest absolute Gasteiger partial charge is 0.238 e. The summed E-state index contributed by atoms with van der Waals surface area (Å²) in [5.74, 6) is 0.0282. The Balaban J connectivity index is 1.30. The van der Waals surface area contributed by atoms with E-state index in [1.165, 1.54) is 5.56 Å². The lowest BCUT2D eigenvalue weighted by Crippen LogP contribution is -2.48. The molecule has 29 heavy (non-hydrogen) atoms. The molecule has 2 aromatic heterocycles. The third kappa shape index (κ3) is 4.60. The highest BCUT2D eigenvalue weighted by molar-refractivity contribution is 7.18. The zero-order chi connectivity index (χ0) is 20.2. The van der Waals surface area contributed by atoms with Crippen LogP contribution in [0.25, 0.3) is 10.7 Å². The first-order valence-electron chi connectivity index (χ1n) is 9.68. The molecule has 1 amide bonds. The molecule has 1 aromatic carbocycles. The van der Waals surface area contributed by atoms with Gasteiger partial charge in [-0.25, -0.2) is 0 Å². The first-order chi connectivity index (χ1) is 14.1. The fourth-order valence-electron chi connectivity index (χ4n) is 3.31. The molecule has 1 saturated heterocycles. The minimum Gasteiger partial charge on any atom is -0.344 e. The Morgan fingerprint density at radius 2 is 1.90 bits per heavy atom. The second kappa shape index (κ2) is 8.67. The summed E-state index contributed by atoms with van der Waals surface area (Å²) in [4.78, 5) is 21.2. The molecule has 0 radical (unpaired) electrons. The van der Waals surface area contributed by atoms with Crippen LogP contribution in [0.15, 0.2) is 42.6 Å². The van der Waals surface area contributed by atoms with Crippen LogP contribution in [-0.2, 0) is 4.79 Å². The van der Waals surface area contributed by atoms with E-state index >= 15 is 0 Å². The van der Waals surface area contributed by atoms with Gasteiger partial charge >= 0.3 is 0 Å². The molecule has 1 N–H and O–H groups in total. The lowest BCUT2D eigenvalue weighted by atomic mass is 10.1. The van der Waals surface area contributed by atoms with E-state index in [4.69, 9.17) is 0 Å². The number of nitrogens with zero attached hydrogens (tertiary/aromatic N) is 5. The number of aromatic nitrogens is 3. The van der Waals surface area contributed by atoms with Crippen molar-refractivity contribution in [2.24, 2.45) is 0 Å². The molecule has 1 fully saturated rings. The highest BCUT2D eigenvalue weighted by Gasteiger charge is 2.22. The minimum absolute atomic E-state index is 0.0282. The second-order valence-electron chi connectivity index (χ2n) is 7.16. The third-order valence-electron chi connectivity index (χ3n) is 5.19. The summed E-state index contributed by atoms with van der Waals surface area (Å²) in [5, 5.41) is 13.4. The lowest BCUT2D eigenvalue weighted by Gasteiger charge is -2.33. The summed E-state index contributed by atoms with van der Waals surface area (Å²) in [5.41, 5.74) is 4.03. The maximum Gasteiger partial charge on any atom is 0.238 e. The molecule has 1 aliphatic rings. The number of carbonyl (C=O) groups excluding carboxylic acids is 1. The van der Waals surface area contributed by atoms with E-state index in [0.29, 0.717) is 6.54 Å². The molecule has 3 aromatic rings. The number of carbonyl (C=O) groups is 1. The van der Waals surface area contributed by atoms with Gasteiger partial charge in [0.15, 0.2) is 5.01 Å². The van der Waals surface area contributed by atoms with Crippen molar-refractivity contribution in [2.45, 2.75) is 13.8 Å². The molecule has 0 saturated carbocycles. The molecule has 7 nitrogen and oxygen atoms in total. The van der Waals surface area contributed by atoms with Gasteiger partial charge in [0.25, 0.3) is 0 Å². The van der Waals surface area contributed by atoms with Gasteiger partial charge in [0, 0.05) is 38.1 Å². The number of benzene rings is 1. The maximum absolute atomic E-state index is 12.5. The van der Waals surface area contributed by atoms with Crippen molar-refractivity contribution in [3.05, 3.63) is 53.7 Å². The van der Waals surface area contributed by atoms with Crippen molar-refractivity contribution in [2.75, 3.05) is 42.9 Å². The van der Waals surface area contributed by atoms with Gasteiger partial charge < -0.3 is 10.2 Å². The van der Waals surface area contributed by atoms with E-state index in [9.17, 15) is 4.79 Å². The van der Waals surface area contributed by atoms with Gasteiger partial charge in [-0.3, -0.25) is 14.7 Å². The molecule has 150 valence electrons. The van der Waals surface area contributed by atoms with Crippen molar-refractivity contribution < 1.29 is 4.79 Å². The minimum atomic E-state index is 0.0282. The fourth-order valence-corrected chi connectivity index (χ4v) is 4.19. The summed E-state index contributed by atoms with van der Waals surface area (Å²) in [7, 11) is 0. The Morgan fingerprint density at radius 1 is 1.07 bits per heavy atom. The number of amides is 1. The molecule has 3 heterocycles. The predicted octanol–water partition coefficient (Wildman–Crippen LogP) is 2.98. The fraction of sp³-hybridized carbons (Fsp3) is 0.333. The normalized spacial score (nSPS) is 14.8. The van der Waals surface area contributed by atoms with Crippen molar-refractivity contribution in [1.29, 1.82) is 0 Å². The summed E-state index contributed by atoms with van der Waals surface area (Å²) in [6.45, 7) is 7.77. The van der Waals surface area contributed by atoms with Gasteiger partial charge in [0.1, 0.15) is 5.69 Å². The van der Waals surface area contributed by atoms with Gasteiger partial charge in [-0.1, -0.05) is 29.5 Å². The zero-order valence-electron chi connectivity index (χ0n) is 16.6. The van der Waals surface area contributed by atoms with Gasteiger partial charge in [-0.05, 0) is 43.2 Å². The molecule has 0 atom stereocenters. The summed E-state index contributed by atoms with van der Waals surface area (Å²) >= 11 is 1.56. The summed E-state index contributed by atoms with van der Waals surface area (Å²) in [6.07, 6.45) is 1.76. The number of rotatable bonds is 5. The molecule has 4 rings (SSSR count). The standard InChI is InChI=1S/C21H24N6OS/c1-15-6-5-8-17(16(15)2)23-19(28)14-26-10-12-27(13-11-26)21-25-24-20(29-21)18-7-3-4-9-22-18/h3-9H,10-14H2,1-2H3,(H,23,28). The number of piperazine rings is 1. The number of hydrogen-bond donors (Lipinski definition) is 1. The van der Waals surface area contributed by atoms with E-state index in [-0.39, 0.29) is 5.91 Å². The van der Waals surface area contributed by atoms with Crippen molar-refractivity contribution in [3.8, 4) is 10.7 Å². The van der Waals surface area contributed by atoms with Gasteiger partial charge in [-0.2, -0.15) is 0 Å². The Kier molecular flexibility index (Phi) is 5.82. The van der Waals surface area contributed by atoms with Crippen LogP contribution >= 0.6 is 11.3 Å². The highest BCUT2D eigenvalue weighted by atomic mass is 32.1. The van der Waals surface area contributed by atoms with E-state index in [2.05, 4.69) is 43.3 Å². The van der Waals surface area contributed by atoms with Crippen LogP contribution in [0, 0.1) is 13.8 Å². The van der Waals surface area contributed by atoms with E-state index in [0.717, 1.165) is 53.3 Å². The zero-order valence-corrected chi connectivity index (χ0v) is 17.4. The van der Waals surface area contributed by atoms with Crippen LogP contribution in [0.4, 0.5) is 10.8 Å². The topological polar surface area (TPSA) is 74.2 Å². The Morgan fingerprint density at radius 3 is 2.66 bits per heavy atom. The van der Waals surface area contributed by atoms with Crippen LogP contribution in [0.2, 0.25) is 0 Å². The molecule has 0 spiro atoms. The average molecular weight is 409 g/mol. The third-order valence-corrected chi connectivity index (χ3v) is 6.19. The van der Waals surface area contributed by atoms with Crippen molar-refractivity contribution in [3.63, 3.8) is 0 Å². The molecule has 8 heteroatoms. The maximum atomic E-state index is 12.5. The number of pyridine rings is 1. The van der Waals surface area contributed by atoms with E-state index in [1.807, 2.05) is 37.3 Å². The van der Waals surface area contributed by atoms with Crippen molar-refractivity contribution in [1.82, 2.24) is 20.1 Å². The molecule has 0 unspecified atom stereocenters. The van der Waals surface area contributed by atoms with Gasteiger partial charge in [-0.15, -0.1) is 10.2 Å². The van der Waals surface area contributed by atoms with E-state index in [1.54, 1.807) is 17.5 Å². The molecule has 0 aliphatic carbocycles. The quantitative estimate of drug-likeness (QED) is 0.700. The van der Waals surface area contributed by atoms with Crippen LogP contribution in [0.5, 0.6) is 0 Å². The molecule has 1 aliphatic heterocycles. The summed E-state index contributed by atoms with van der Waals surface area (Å²) < 4.78 is 0. The van der Waals surface area contributed by atoms with Crippen LogP contribution < -0.4 is 10.2 Å². The molecular weight excluding hydrogens is 384 g/mol. The van der Waals surface area contributed by atoms with Gasteiger partial charge in [0.05, 0.1) is 6.54 Å². The van der Waals surface area contributed by atoms with E-state index < -0.39 is 0 Å². The second-order valence-corrected chi connectivity index (χ2v) is 8.12. The van der Waals surface area contributed by atoms with Gasteiger partial charge in [0.2, 0.25) is 11.0 Å². The first-order valence-corrected chi connectivity index (χ1v) is 10.5. The SMILES string of the molecule is Cc1cccc(NC(=O)CN2CCN(c3nnc(-c4ccccn4)s3)CC2)c1C.